The van der Waals surface area contributed by atoms with Crippen LogP contribution in [0.2, 0.25) is 0 Å². The summed E-state index contributed by atoms with van der Waals surface area (Å²) in [6.07, 6.45) is 1.83. The quantitative estimate of drug-likeness (QED) is 0.101. The molecule has 0 fully saturated rings. The molecule has 0 saturated heterocycles. The standard InChI is InChI=1S/C23H25BrN4O6.K/c1-2-5-17-19(8-6-15(10-11-29)21(17)34-23(30)31)32-12-3-4-13-33-20-9-7-16(14-18(20)24)22-25-27-28-26-22;/h6-9,11,14H,2-5,10,12-13H2,1H3,(H,30,31)(H,25,26,27,28);/q;+1/p-1. The maximum absolute atomic E-state index is 11.1. The summed E-state index contributed by atoms with van der Waals surface area (Å²) in [6, 6.07) is 8.93. The number of aromatic nitrogens is 4. The molecule has 3 aromatic rings. The Morgan fingerprint density at radius 3 is 2.46 bits per heavy atom. The van der Waals surface area contributed by atoms with Crippen molar-refractivity contribution < 1.29 is 80.3 Å². The Hall–Kier alpha value is -1.83. The number of tetrazole rings is 1. The number of H-pyrrole nitrogens is 1. The van der Waals surface area contributed by atoms with E-state index in [0.29, 0.717) is 54.4 Å². The van der Waals surface area contributed by atoms with Crippen LogP contribution >= 0.6 is 15.9 Å². The summed E-state index contributed by atoms with van der Waals surface area (Å²) >= 11 is 3.49. The molecule has 10 nitrogen and oxygen atoms in total. The van der Waals surface area contributed by atoms with Crippen molar-refractivity contribution >= 4 is 28.4 Å². The summed E-state index contributed by atoms with van der Waals surface area (Å²) in [4.78, 5) is 22.0. The van der Waals surface area contributed by atoms with Crippen molar-refractivity contribution in [3.63, 3.8) is 0 Å². The zero-order valence-corrected chi connectivity index (χ0v) is 24.3. The van der Waals surface area contributed by atoms with Gasteiger partial charge < -0.3 is 28.9 Å². The Kier molecular flexibility index (Phi) is 12.9. The van der Waals surface area contributed by atoms with Gasteiger partial charge in [0.25, 0.3) is 6.16 Å². The average molecular weight is 571 g/mol. The number of hydrogen-bond acceptors (Lipinski definition) is 9. The number of aromatic amines is 1. The van der Waals surface area contributed by atoms with E-state index >= 15 is 0 Å². The van der Waals surface area contributed by atoms with E-state index in [9.17, 15) is 14.7 Å². The Balaban J connectivity index is 0.00000432. The summed E-state index contributed by atoms with van der Waals surface area (Å²) in [5, 5.41) is 24.9. The molecule has 0 atom stereocenters. The van der Waals surface area contributed by atoms with Crippen molar-refractivity contribution in [2.24, 2.45) is 0 Å². The molecule has 0 aliphatic heterocycles. The minimum Gasteiger partial charge on any atom is -0.513 e. The molecule has 12 heteroatoms. The maximum Gasteiger partial charge on any atom is 1.00 e. The smallest absolute Gasteiger partial charge is 0.513 e. The van der Waals surface area contributed by atoms with Crippen LogP contribution in [0.15, 0.2) is 34.8 Å². The van der Waals surface area contributed by atoms with Crippen molar-refractivity contribution in [2.75, 3.05) is 13.2 Å². The molecule has 1 N–H and O–H groups in total. The van der Waals surface area contributed by atoms with Gasteiger partial charge in [0, 0.05) is 17.5 Å². The first-order valence-electron chi connectivity index (χ1n) is 10.8. The van der Waals surface area contributed by atoms with Crippen molar-refractivity contribution in [2.45, 2.75) is 39.0 Å². The van der Waals surface area contributed by atoms with Crippen LogP contribution in [0.3, 0.4) is 0 Å². The molecule has 0 radical (unpaired) electrons. The Morgan fingerprint density at radius 2 is 1.86 bits per heavy atom. The number of benzene rings is 2. The number of nitrogens with one attached hydrogen (secondary N) is 1. The molecule has 3 rings (SSSR count). The summed E-state index contributed by atoms with van der Waals surface area (Å²) in [5.41, 5.74) is 1.91. The minimum atomic E-state index is -1.67. The van der Waals surface area contributed by atoms with Gasteiger partial charge in [-0.3, -0.25) is 0 Å². The molecule has 0 amide bonds. The molecule has 1 aromatic heterocycles. The van der Waals surface area contributed by atoms with Gasteiger partial charge in [-0.2, -0.15) is 5.21 Å². The predicted molar refractivity (Wildman–Crippen MR) is 124 cm³/mol. The number of carbonyl (C=O) groups excluding carboxylic acids is 2. The summed E-state index contributed by atoms with van der Waals surface area (Å²) in [6.45, 7) is 2.86. The number of aldehydes is 1. The van der Waals surface area contributed by atoms with E-state index in [1.54, 1.807) is 12.1 Å². The Labute approximate surface area is 253 Å². The van der Waals surface area contributed by atoms with E-state index in [4.69, 9.17) is 14.2 Å². The zero-order valence-electron chi connectivity index (χ0n) is 19.6. The van der Waals surface area contributed by atoms with Crippen LogP contribution in [0, 0.1) is 0 Å². The topological polar surface area (TPSA) is 139 Å². The van der Waals surface area contributed by atoms with Crippen molar-refractivity contribution in [1.29, 1.82) is 0 Å². The number of ether oxygens (including phenoxy) is 3. The van der Waals surface area contributed by atoms with Crippen LogP contribution in [-0.4, -0.2) is 46.3 Å². The van der Waals surface area contributed by atoms with Crippen molar-refractivity contribution in [1.82, 2.24) is 20.6 Å². The molecule has 0 unspecified atom stereocenters. The zero-order chi connectivity index (χ0) is 24.3. The SMILES string of the molecule is CCCc1c(OCCCCOc2ccc(-c3nn[nH]n3)cc2Br)ccc(CC=O)c1OC(=O)[O-].[K+]. The van der Waals surface area contributed by atoms with Crippen LogP contribution in [0.5, 0.6) is 17.2 Å². The third-order valence-electron chi connectivity index (χ3n) is 4.88. The van der Waals surface area contributed by atoms with Crippen LogP contribution in [0.4, 0.5) is 4.79 Å². The molecule has 0 bridgehead atoms. The second-order valence-corrected chi connectivity index (χ2v) is 8.14. The second kappa shape index (κ2) is 15.3. The van der Waals surface area contributed by atoms with E-state index in [1.807, 2.05) is 25.1 Å². The molecular formula is C23H24BrKN4O6. The fourth-order valence-corrected chi connectivity index (χ4v) is 3.84. The van der Waals surface area contributed by atoms with Crippen LogP contribution in [0.1, 0.15) is 37.3 Å². The molecule has 0 saturated carbocycles. The second-order valence-electron chi connectivity index (χ2n) is 7.29. The third-order valence-corrected chi connectivity index (χ3v) is 5.50. The summed E-state index contributed by atoms with van der Waals surface area (Å²) in [7, 11) is 0. The van der Waals surface area contributed by atoms with Gasteiger partial charge >= 0.3 is 51.4 Å². The largest absolute Gasteiger partial charge is 1.00 e. The van der Waals surface area contributed by atoms with Gasteiger partial charge in [-0.1, -0.05) is 19.4 Å². The van der Waals surface area contributed by atoms with Gasteiger partial charge in [-0.25, -0.2) is 0 Å². The number of carboxylic acid groups (broad SMARTS) is 1. The van der Waals surface area contributed by atoms with Gasteiger partial charge in [-0.05, 0) is 70.2 Å². The number of halogens is 1. The van der Waals surface area contributed by atoms with Gasteiger partial charge in [0.15, 0.2) is 0 Å². The number of unbranched alkanes of at least 4 members (excludes halogenated alkanes) is 1. The first-order valence-corrected chi connectivity index (χ1v) is 11.6. The fourth-order valence-electron chi connectivity index (χ4n) is 3.35. The first kappa shape index (κ1) is 29.4. The molecule has 2 aromatic carbocycles. The summed E-state index contributed by atoms with van der Waals surface area (Å²) < 4.78 is 17.4. The summed E-state index contributed by atoms with van der Waals surface area (Å²) in [5.74, 6) is 1.87. The van der Waals surface area contributed by atoms with E-state index in [2.05, 4.69) is 36.6 Å². The van der Waals surface area contributed by atoms with Gasteiger partial charge in [0.2, 0.25) is 5.82 Å². The molecule has 0 aliphatic rings. The van der Waals surface area contributed by atoms with E-state index in [-0.39, 0.29) is 63.6 Å². The van der Waals surface area contributed by atoms with Gasteiger partial charge in [-0.15, -0.1) is 10.2 Å². The number of nitrogens with zero attached hydrogens (tertiary/aromatic N) is 3. The molecule has 35 heavy (non-hydrogen) atoms. The van der Waals surface area contributed by atoms with Crippen molar-refractivity contribution in [3.05, 3.63) is 45.9 Å². The molecule has 1 heterocycles. The number of rotatable bonds is 13. The molecular weight excluding hydrogens is 547 g/mol. The Morgan fingerprint density at radius 1 is 1.14 bits per heavy atom. The van der Waals surface area contributed by atoms with Gasteiger partial charge in [0.1, 0.15) is 17.8 Å². The van der Waals surface area contributed by atoms with E-state index < -0.39 is 6.16 Å². The number of carbonyl (C=O) groups is 2. The third kappa shape index (κ3) is 8.65. The maximum atomic E-state index is 11.1. The Bertz CT molecular complexity index is 1110. The molecule has 0 aliphatic carbocycles. The minimum absolute atomic E-state index is 0. The number of hydrogen-bond donors (Lipinski definition) is 1. The fraction of sp³-hybridized carbons (Fsp3) is 0.348. The van der Waals surface area contributed by atoms with Crippen LogP contribution in [0.25, 0.3) is 11.4 Å². The first-order chi connectivity index (χ1) is 16.5. The van der Waals surface area contributed by atoms with E-state index in [0.717, 1.165) is 29.3 Å². The van der Waals surface area contributed by atoms with E-state index in [1.165, 1.54) is 0 Å². The van der Waals surface area contributed by atoms with Crippen LogP contribution < -0.4 is 70.7 Å². The molecule has 180 valence electrons. The normalized spacial score (nSPS) is 10.3. The molecule has 0 spiro atoms. The van der Waals surface area contributed by atoms with Crippen LogP contribution in [-0.2, 0) is 17.6 Å². The van der Waals surface area contributed by atoms with Crippen molar-refractivity contribution in [3.8, 4) is 28.6 Å². The average Bonchev–Trinajstić information content (AvgIpc) is 3.35. The predicted octanol–water partition coefficient (Wildman–Crippen LogP) is 0.287. The monoisotopic (exact) mass is 570 g/mol. The van der Waals surface area contributed by atoms with Gasteiger partial charge in [0.05, 0.1) is 23.4 Å².